The maximum absolute atomic E-state index is 11.5. The number of aromatic nitrogens is 2. The highest BCUT2D eigenvalue weighted by molar-refractivity contribution is 7.91. The van der Waals surface area contributed by atoms with E-state index < -0.39 is 9.84 Å². The Balaban J connectivity index is 1.91. The van der Waals surface area contributed by atoms with Crippen molar-refractivity contribution in [3.63, 3.8) is 0 Å². The molecule has 2 rings (SSSR count). The van der Waals surface area contributed by atoms with Crippen LogP contribution < -0.4 is 5.32 Å². The molecule has 0 aliphatic carbocycles. The molecule has 1 saturated heterocycles. The molecule has 1 aromatic heterocycles. The molecule has 7 heteroatoms. The second-order valence-corrected chi connectivity index (χ2v) is 7.01. The maximum atomic E-state index is 11.5. The maximum Gasteiger partial charge on any atom is 0.227 e. The minimum atomic E-state index is -2.86. The van der Waals surface area contributed by atoms with Gasteiger partial charge in [0.25, 0.3) is 0 Å². The number of likely N-dealkylation sites (N-methyl/N-ethyl adjacent to an activating group) is 1. The number of rotatable bonds is 5. The standard InChI is InChI=1S/C11H19N3O3S/c1-12-5-4-11-13-10(14-17-11)7-9-3-2-6-18(15,16)8-9/h9,12H,2-8H2,1H3. The van der Waals surface area contributed by atoms with Gasteiger partial charge >= 0.3 is 0 Å². The van der Waals surface area contributed by atoms with Crippen LogP contribution >= 0.6 is 0 Å². The summed E-state index contributed by atoms with van der Waals surface area (Å²) in [5, 5.41) is 6.91. The quantitative estimate of drug-likeness (QED) is 0.825. The Hall–Kier alpha value is -0.950. The largest absolute Gasteiger partial charge is 0.339 e. The second-order valence-electron chi connectivity index (χ2n) is 4.78. The fourth-order valence-corrected chi connectivity index (χ4v) is 4.02. The molecule has 1 fully saturated rings. The van der Waals surface area contributed by atoms with Gasteiger partial charge in [-0.25, -0.2) is 8.42 Å². The lowest BCUT2D eigenvalue weighted by atomic mass is 10.0. The molecule has 18 heavy (non-hydrogen) atoms. The van der Waals surface area contributed by atoms with Gasteiger partial charge in [0.05, 0.1) is 11.5 Å². The van der Waals surface area contributed by atoms with Crippen molar-refractivity contribution in [2.75, 3.05) is 25.1 Å². The van der Waals surface area contributed by atoms with Gasteiger partial charge in [0, 0.05) is 19.4 Å². The van der Waals surface area contributed by atoms with E-state index in [9.17, 15) is 8.42 Å². The molecule has 0 aromatic carbocycles. The van der Waals surface area contributed by atoms with Crippen molar-refractivity contribution in [2.24, 2.45) is 5.92 Å². The minimum absolute atomic E-state index is 0.138. The van der Waals surface area contributed by atoms with Gasteiger partial charge in [-0.15, -0.1) is 0 Å². The average molecular weight is 273 g/mol. The molecule has 0 saturated carbocycles. The summed E-state index contributed by atoms with van der Waals surface area (Å²) in [5.41, 5.74) is 0. The molecule has 1 aromatic rings. The van der Waals surface area contributed by atoms with Crippen LogP contribution in [-0.4, -0.2) is 43.7 Å². The summed E-state index contributed by atoms with van der Waals surface area (Å²) in [7, 11) is -0.990. The normalized spacial score (nSPS) is 23.1. The van der Waals surface area contributed by atoms with E-state index in [4.69, 9.17) is 4.52 Å². The van der Waals surface area contributed by atoms with Gasteiger partial charge in [-0.1, -0.05) is 5.16 Å². The third-order valence-corrected chi connectivity index (χ3v) is 5.02. The van der Waals surface area contributed by atoms with Crippen LogP contribution in [0.25, 0.3) is 0 Å². The number of sulfone groups is 1. The van der Waals surface area contributed by atoms with Gasteiger partial charge < -0.3 is 9.84 Å². The molecule has 6 nitrogen and oxygen atoms in total. The van der Waals surface area contributed by atoms with Gasteiger partial charge in [-0.05, 0) is 25.8 Å². The van der Waals surface area contributed by atoms with Crippen LogP contribution in [0, 0.1) is 5.92 Å². The van der Waals surface area contributed by atoms with Crippen LogP contribution in [0.15, 0.2) is 4.52 Å². The molecule has 0 spiro atoms. The highest BCUT2D eigenvalue weighted by Crippen LogP contribution is 2.21. The van der Waals surface area contributed by atoms with Gasteiger partial charge in [-0.3, -0.25) is 0 Å². The Morgan fingerprint density at radius 1 is 1.50 bits per heavy atom. The van der Waals surface area contributed by atoms with Crippen molar-refractivity contribution in [1.29, 1.82) is 0 Å². The molecule has 1 aliphatic rings. The second kappa shape index (κ2) is 5.79. The first-order valence-corrected chi connectivity index (χ1v) is 8.07. The summed E-state index contributed by atoms with van der Waals surface area (Å²) in [4.78, 5) is 4.28. The lowest BCUT2D eigenvalue weighted by Gasteiger charge is -2.20. The summed E-state index contributed by atoms with van der Waals surface area (Å²) in [6, 6.07) is 0. The van der Waals surface area contributed by atoms with Crippen LogP contribution in [0.2, 0.25) is 0 Å². The lowest BCUT2D eigenvalue weighted by molar-refractivity contribution is 0.367. The summed E-state index contributed by atoms with van der Waals surface area (Å²) in [5.74, 6) is 1.95. The zero-order chi connectivity index (χ0) is 13.0. The Morgan fingerprint density at radius 3 is 3.06 bits per heavy atom. The topological polar surface area (TPSA) is 85.1 Å². The molecular formula is C11H19N3O3S. The summed E-state index contributed by atoms with van der Waals surface area (Å²) in [6.07, 6.45) is 2.98. The lowest BCUT2D eigenvalue weighted by Crippen LogP contribution is -2.26. The fraction of sp³-hybridized carbons (Fsp3) is 0.818. The SMILES string of the molecule is CNCCc1nc(CC2CCCS(=O)(=O)C2)no1. The van der Waals surface area contributed by atoms with Gasteiger partial charge in [-0.2, -0.15) is 4.98 Å². The van der Waals surface area contributed by atoms with Crippen molar-refractivity contribution < 1.29 is 12.9 Å². The Bertz CT molecular complexity index is 483. The summed E-state index contributed by atoms with van der Waals surface area (Å²) < 4.78 is 28.2. The molecule has 1 N–H and O–H groups in total. The van der Waals surface area contributed by atoms with Crippen molar-refractivity contribution in [3.8, 4) is 0 Å². The smallest absolute Gasteiger partial charge is 0.227 e. The number of hydrogen-bond donors (Lipinski definition) is 1. The minimum Gasteiger partial charge on any atom is -0.339 e. The van der Waals surface area contributed by atoms with E-state index >= 15 is 0 Å². The molecule has 0 radical (unpaired) electrons. The first kappa shape index (κ1) is 13.5. The van der Waals surface area contributed by atoms with Gasteiger partial charge in [0.2, 0.25) is 5.89 Å². The number of nitrogens with zero attached hydrogens (tertiary/aromatic N) is 2. The van der Waals surface area contributed by atoms with Crippen LogP contribution in [-0.2, 0) is 22.7 Å². The zero-order valence-corrected chi connectivity index (χ0v) is 11.4. The highest BCUT2D eigenvalue weighted by atomic mass is 32.2. The van der Waals surface area contributed by atoms with E-state index in [1.165, 1.54) is 0 Å². The summed E-state index contributed by atoms with van der Waals surface area (Å²) >= 11 is 0. The molecule has 0 bridgehead atoms. The van der Waals surface area contributed by atoms with Crippen molar-refractivity contribution in [3.05, 3.63) is 11.7 Å². The Labute approximate surface area is 107 Å². The predicted molar refractivity (Wildman–Crippen MR) is 67.0 cm³/mol. The van der Waals surface area contributed by atoms with Gasteiger partial charge in [0.15, 0.2) is 15.7 Å². The van der Waals surface area contributed by atoms with Gasteiger partial charge in [0.1, 0.15) is 0 Å². The zero-order valence-electron chi connectivity index (χ0n) is 10.6. The van der Waals surface area contributed by atoms with E-state index in [-0.39, 0.29) is 11.7 Å². The van der Waals surface area contributed by atoms with E-state index in [1.807, 2.05) is 7.05 Å². The van der Waals surface area contributed by atoms with E-state index in [0.717, 1.165) is 19.4 Å². The first-order valence-electron chi connectivity index (χ1n) is 6.25. The summed E-state index contributed by atoms with van der Waals surface area (Å²) in [6.45, 7) is 0.791. The fourth-order valence-electron chi connectivity index (χ4n) is 2.24. The monoisotopic (exact) mass is 273 g/mol. The van der Waals surface area contributed by atoms with E-state index in [0.29, 0.717) is 30.3 Å². The van der Waals surface area contributed by atoms with Crippen molar-refractivity contribution in [2.45, 2.75) is 25.7 Å². The molecular weight excluding hydrogens is 254 g/mol. The molecule has 1 unspecified atom stereocenters. The van der Waals surface area contributed by atoms with Crippen LogP contribution in [0.1, 0.15) is 24.6 Å². The van der Waals surface area contributed by atoms with Crippen molar-refractivity contribution >= 4 is 9.84 Å². The van der Waals surface area contributed by atoms with Crippen LogP contribution in [0.4, 0.5) is 0 Å². The number of hydrogen-bond acceptors (Lipinski definition) is 6. The van der Waals surface area contributed by atoms with Crippen molar-refractivity contribution in [1.82, 2.24) is 15.5 Å². The first-order chi connectivity index (χ1) is 8.59. The number of nitrogens with one attached hydrogen (secondary N) is 1. The average Bonchev–Trinajstić information content (AvgIpc) is 2.73. The third-order valence-electron chi connectivity index (χ3n) is 3.13. The molecule has 102 valence electrons. The Morgan fingerprint density at radius 2 is 2.33 bits per heavy atom. The third kappa shape index (κ3) is 3.78. The molecule has 2 heterocycles. The van der Waals surface area contributed by atoms with E-state index in [2.05, 4.69) is 15.5 Å². The molecule has 1 aliphatic heterocycles. The highest BCUT2D eigenvalue weighted by Gasteiger charge is 2.26. The Kier molecular flexibility index (Phi) is 4.34. The predicted octanol–water partition coefficient (Wildman–Crippen LogP) is 0.199. The molecule has 1 atom stereocenters. The van der Waals surface area contributed by atoms with Crippen LogP contribution in [0.3, 0.4) is 0 Å². The van der Waals surface area contributed by atoms with Crippen LogP contribution in [0.5, 0.6) is 0 Å². The molecule has 0 amide bonds. The van der Waals surface area contributed by atoms with E-state index in [1.54, 1.807) is 0 Å².